The maximum absolute atomic E-state index is 13.9. The first-order valence-corrected chi connectivity index (χ1v) is 8.03. The summed E-state index contributed by atoms with van der Waals surface area (Å²) in [4.78, 5) is 2.28. The van der Waals surface area contributed by atoms with Gasteiger partial charge < -0.3 is 5.73 Å². The van der Waals surface area contributed by atoms with Gasteiger partial charge in [-0.1, -0.05) is 13.0 Å². The van der Waals surface area contributed by atoms with Crippen molar-refractivity contribution in [2.24, 2.45) is 11.1 Å². The van der Waals surface area contributed by atoms with E-state index in [1.54, 1.807) is 12.1 Å². The van der Waals surface area contributed by atoms with Crippen molar-refractivity contribution < 1.29 is 4.39 Å². The van der Waals surface area contributed by atoms with E-state index in [1.165, 1.54) is 0 Å². The molecule has 0 aromatic heterocycles. The Hall–Kier alpha value is -0.930. The van der Waals surface area contributed by atoms with Crippen LogP contribution in [0.1, 0.15) is 50.2 Å². The first-order chi connectivity index (χ1) is 9.87. The van der Waals surface area contributed by atoms with Crippen LogP contribution < -0.4 is 5.73 Å². The predicted molar refractivity (Wildman–Crippen MR) is 86.7 cm³/mol. The van der Waals surface area contributed by atoms with Crippen molar-refractivity contribution in [2.45, 2.75) is 51.5 Å². The summed E-state index contributed by atoms with van der Waals surface area (Å²) in [5.41, 5.74) is 8.37. The third-order valence-electron chi connectivity index (χ3n) is 5.76. The van der Waals surface area contributed by atoms with E-state index in [9.17, 15) is 4.39 Å². The number of hydrogen-bond acceptors (Lipinski definition) is 2. The van der Waals surface area contributed by atoms with Gasteiger partial charge in [-0.15, -0.1) is 0 Å². The molecule has 3 heteroatoms. The van der Waals surface area contributed by atoms with Crippen molar-refractivity contribution in [1.29, 1.82) is 0 Å². The van der Waals surface area contributed by atoms with Crippen molar-refractivity contribution in [2.75, 3.05) is 20.6 Å². The molecule has 0 spiro atoms. The van der Waals surface area contributed by atoms with Crippen LogP contribution in [0, 0.1) is 18.2 Å². The van der Waals surface area contributed by atoms with E-state index in [2.05, 4.69) is 32.0 Å². The number of nitrogens with two attached hydrogens (primary N) is 1. The fraction of sp³-hybridized carbons (Fsp3) is 0.667. The van der Waals surface area contributed by atoms with Crippen LogP contribution in [0.2, 0.25) is 0 Å². The average Bonchev–Trinajstić information content (AvgIpc) is 2.46. The summed E-state index contributed by atoms with van der Waals surface area (Å²) in [5, 5.41) is 0. The molecule has 2 nitrogen and oxygen atoms in total. The number of halogens is 1. The minimum absolute atomic E-state index is 0.0549. The van der Waals surface area contributed by atoms with Crippen LogP contribution in [0.15, 0.2) is 18.2 Å². The van der Waals surface area contributed by atoms with Crippen LogP contribution in [0.5, 0.6) is 0 Å². The molecule has 0 aliphatic heterocycles. The van der Waals surface area contributed by atoms with Crippen molar-refractivity contribution >= 4 is 0 Å². The third-order valence-corrected chi connectivity index (χ3v) is 5.76. The lowest BCUT2D eigenvalue weighted by Gasteiger charge is -2.50. The van der Waals surface area contributed by atoms with E-state index in [4.69, 9.17) is 5.73 Å². The van der Waals surface area contributed by atoms with Crippen LogP contribution in [0.25, 0.3) is 0 Å². The van der Waals surface area contributed by atoms with Gasteiger partial charge >= 0.3 is 0 Å². The maximum atomic E-state index is 13.9. The molecule has 0 saturated heterocycles. The Morgan fingerprint density at radius 1 is 1.14 bits per heavy atom. The molecule has 0 atom stereocenters. The Kier molecular flexibility index (Phi) is 4.74. The molecule has 1 aromatic rings. The summed E-state index contributed by atoms with van der Waals surface area (Å²) in [6.07, 6.45) is 5.47. The molecule has 0 amide bonds. The monoisotopic (exact) mass is 292 g/mol. The molecule has 0 heterocycles. The minimum atomic E-state index is -0.127. The fourth-order valence-electron chi connectivity index (χ4n) is 3.90. The van der Waals surface area contributed by atoms with Gasteiger partial charge in [-0.3, -0.25) is 4.90 Å². The van der Waals surface area contributed by atoms with Crippen molar-refractivity contribution in [3.05, 3.63) is 35.1 Å². The van der Waals surface area contributed by atoms with Crippen LogP contribution in [-0.4, -0.2) is 25.5 Å². The van der Waals surface area contributed by atoms with Crippen LogP contribution in [-0.2, 0) is 5.54 Å². The van der Waals surface area contributed by atoms with Crippen molar-refractivity contribution in [1.82, 2.24) is 4.90 Å². The van der Waals surface area contributed by atoms with Gasteiger partial charge in [0.25, 0.3) is 0 Å². The standard InChI is InChI=1S/C18H29FN2/c1-5-17(13-20)6-8-18(9-7-17,21(3)4)15-10-14(2)11-16(19)12-15/h10-12H,5-9,13,20H2,1-4H3. The smallest absolute Gasteiger partial charge is 0.123 e. The van der Waals surface area contributed by atoms with Gasteiger partial charge in [-0.05, 0) is 88.3 Å². The Bertz CT molecular complexity index is 462. The second-order valence-electron chi connectivity index (χ2n) is 7.00. The molecule has 118 valence electrons. The van der Waals surface area contributed by atoms with E-state index in [0.29, 0.717) is 0 Å². The lowest BCUT2D eigenvalue weighted by atomic mass is 9.63. The topological polar surface area (TPSA) is 29.3 Å². The van der Waals surface area contributed by atoms with E-state index in [-0.39, 0.29) is 16.8 Å². The normalized spacial score (nSPS) is 29.9. The molecule has 2 N–H and O–H groups in total. The zero-order valence-electron chi connectivity index (χ0n) is 13.9. The Balaban J connectivity index is 2.36. The Morgan fingerprint density at radius 2 is 1.76 bits per heavy atom. The van der Waals surface area contributed by atoms with Crippen LogP contribution >= 0.6 is 0 Å². The Morgan fingerprint density at radius 3 is 2.19 bits per heavy atom. The van der Waals surface area contributed by atoms with E-state index in [0.717, 1.165) is 49.8 Å². The van der Waals surface area contributed by atoms with Gasteiger partial charge in [-0.2, -0.15) is 0 Å². The van der Waals surface area contributed by atoms with Crippen LogP contribution in [0.3, 0.4) is 0 Å². The minimum Gasteiger partial charge on any atom is -0.330 e. The number of benzene rings is 1. The summed E-state index contributed by atoms with van der Waals surface area (Å²) >= 11 is 0. The van der Waals surface area contributed by atoms with Gasteiger partial charge in [0.15, 0.2) is 0 Å². The lowest BCUT2D eigenvalue weighted by Crippen LogP contribution is -2.48. The van der Waals surface area contributed by atoms with Gasteiger partial charge in [0, 0.05) is 5.54 Å². The van der Waals surface area contributed by atoms with Gasteiger partial charge in [0.05, 0.1) is 0 Å². The molecule has 2 rings (SSSR count). The maximum Gasteiger partial charge on any atom is 0.123 e. The highest BCUT2D eigenvalue weighted by atomic mass is 19.1. The molecule has 0 unspecified atom stereocenters. The van der Waals surface area contributed by atoms with E-state index < -0.39 is 0 Å². The molecule has 1 fully saturated rings. The molecule has 1 aromatic carbocycles. The highest BCUT2D eigenvalue weighted by Gasteiger charge is 2.43. The van der Waals surface area contributed by atoms with Gasteiger partial charge in [-0.25, -0.2) is 4.39 Å². The Labute approximate surface area is 128 Å². The average molecular weight is 292 g/mol. The summed E-state index contributed by atoms with van der Waals surface area (Å²) in [6, 6.07) is 5.46. The molecular weight excluding hydrogens is 263 g/mol. The molecule has 1 aliphatic carbocycles. The fourth-order valence-corrected chi connectivity index (χ4v) is 3.90. The SMILES string of the molecule is CCC1(CN)CCC(c2cc(C)cc(F)c2)(N(C)C)CC1. The number of rotatable bonds is 4. The summed E-state index contributed by atoms with van der Waals surface area (Å²) in [5.74, 6) is -0.127. The van der Waals surface area contributed by atoms with Crippen molar-refractivity contribution in [3.63, 3.8) is 0 Å². The summed E-state index contributed by atoms with van der Waals surface area (Å²) < 4.78 is 13.9. The molecule has 21 heavy (non-hydrogen) atoms. The van der Waals surface area contributed by atoms with Gasteiger partial charge in [0.2, 0.25) is 0 Å². The predicted octanol–water partition coefficient (Wildman–Crippen LogP) is 3.82. The van der Waals surface area contributed by atoms with Crippen molar-refractivity contribution in [3.8, 4) is 0 Å². The van der Waals surface area contributed by atoms with Crippen LogP contribution in [0.4, 0.5) is 4.39 Å². The zero-order valence-corrected chi connectivity index (χ0v) is 13.9. The molecule has 0 bridgehead atoms. The quantitative estimate of drug-likeness (QED) is 0.914. The first kappa shape index (κ1) is 16.4. The molecular formula is C18H29FN2. The van der Waals surface area contributed by atoms with Gasteiger partial charge in [0.1, 0.15) is 5.82 Å². The summed E-state index contributed by atoms with van der Waals surface area (Å²) in [7, 11) is 4.23. The highest BCUT2D eigenvalue weighted by molar-refractivity contribution is 5.31. The summed E-state index contributed by atoms with van der Waals surface area (Å²) in [6.45, 7) is 4.96. The largest absolute Gasteiger partial charge is 0.330 e. The third kappa shape index (κ3) is 3.00. The first-order valence-electron chi connectivity index (χ1n) is 8.03. The number of hydrogen-bond donors (Lipinski definition) is 1. The second-order valence-corrected chi connectivity index (χ2v) is 7.00. The van der Waals surface area contributed by atoms with E-state index in [1.807, 2.05) is 6.92 Å². The van der Waals surface area contributed by atoms with E-state index >= 15 is 0 Å². The number of aryl methyl sites for hydroxylation is 1. The zero-order chi connectivity index (χ0) is 15.7. The molecule has 1 saturated carbocycles. The lowest BCUT2D eigenvalue weighted by molar-refractivity contribution is 0.0361. The second kappa shape index (κ2) is 6.05. The molecule has 0 radical (unpaired) electrons. The molecule has 1 aliphatic rings. The highest BCUT2D eigenvalue weighted by Crippen LogP contribution is 2.49. The number of nitrogens with zero attached hydrogens (tertiary/aromatic N) is 1.